The Morgan fingerprint density at radius 3 is 2.88 bits per heavy atom. The van der Waals surface area contributed by atoms with Crippen molar-refractivity contribution in [3.05, 3.63) is 35.9 Å². The van der Waals surface area contributed by atoms with Crippen LogP contribution in [0.1, 0.15) is 11.7 Å². The van der Waals surface area contributed by atoms with Crippen molar-refractivity contribution in [3.63, 3.8) is 0 Å². The minimum atomic E-state index is -0.0227. The Labute approximate surface area is 95.0 Å². The number of nitrogens with two attached hydrogens (primary N) is 1. The monoisotopic (exact) mass is 220 g/mol. The first-order valence-corrected chi connectivity index (χ1v) is 5.45. The van der Waals surface area contributed by atoms with Gasteiger partial charge < -0.3 is 15.4 Å². The van der Waals surface area contributed by atoms with E-state index in [1.807, 2.05) is 30.3 Å². The lowest BCUT2D eigenvalue weighted by atomic mass is 10.1. The van der Waals surface area contributed by atoms with Crippen LogP contribution >= 0.6 is 0 Å². The summed E-state index contributed by atoms with van der Waals surface area (Å²) in [7, 11) is 0. The summed E-state index contributed by atoms with van der Waals surface area (Å²) >= 11 is 0. The van der Waals surface area contributed by atoms with Crippen LogP contribution in [0.4, 0.5) is 0 Å². The Morgan fingerprint density at radius 1 is 1.44 bits per heavy atom. The van der Waals surface area contributed by atoms with Gasteiger partial charge in [0.1, 0.15) is 6.10 Å². The Balaban J connectivity index is 2.05. The number of carbonyl (C=O) groups excluding carboxylic acids is 1. The van der Waals surface area contributed by atoms with Gasteiger partial charge in [0.2, 0.25) is 5.91 Å². The average molecular weight is 220 g/mol. The first-order chi connectivity index (χ1) is 7.81. The number of benzene rings is 1. The van der Waals surface area contributed by atoms with Crippen molar-refractivity contribution < 1.29 is 9.53 Å². The first-order valence-electron chi connectivity index (χ1n) is 5.45. The molecule has 1 unspecified atom stereocenters. The lowest BCUT2D eigenvalue weighted by Gasteiger charge is -2.33. The van der Waals surface area contributed by atoms with E-state index in [4.69, 9.17) is 10.5 Å². The van der Waals surface area contributed by atoms with E-state index < -0.39 is 0 Å². The summed E-state index contributed by atoms with van der Waals surface area (Å²) in [5, 5.41) is 0. The standard InChI is InChI=1S/C12H16N2O2/c13-8-12(15)14-6-7-16-11(9-14)10-4-2-1-3-5-10/h1-5,11H,6-9,13H2. The van der Waals surface area contributed by atoms with E-state index in [0.717, 1.165) is 5.56 Å². The molecule has 1 heterocycles. The SMILES string of the molecule is NCC(=O)N1CCOC(c2ccccc2)C1. The van der Waals surface area contributed by atoms with Gasteiger partial charge in [-0.15, -0.1) is 0 Å². The van der Waals surface area contributed by atoms with Crippen molar-refractivity contribution in [2.75, 3.05) is 26.2 Å². The van der Waals surface area contributed by atoms with Crippen molar-refractivity contribution in [2.45, 2.75) is 6.10 Å². The van der Waals surface area contributed by atoms with Gasteiger partial charge in [-0.25, -0.2) is 0 Å². The van der Waals surface area contributed by atoms with Crippen molar-refractivity contribution in [1.29, 1.82) is 0 Å². The summed E-state index contributed by atoms with van der Waals surface area (Å²) in [5.41, 5.74) is 6.46. The number of carbonyl (C=O) groups is 1. The molecule has 1 atom stereocenters. The zero-order valence-corrected chi connectivity index (χ0v) is 9.13. The van der Waals surface area contributed by atoms with Gasteiger partial charge >= 0.3 is 0 Å². The maximum absolute atomic E-state index is 11.5. The largest absolute Gasteiger partial charge is 0.370 e. The molecule has 0 radical (unpaired) electrons. The fraction of sp³-hybridized carbons (Fsp3) is 0.417. The van der Waals surface area contributed by atoms with Gasteiger partial charge in [-0.05, 0) is 5.56 Å². The maximum Gasteiger partial charge on any atom is 0.236 e. The molecule has 2 rings (SSSR count). The Kier molecular flexibility index (Phi) is 3.54. The van der Waals surface area contributed by atoms with E-state index in [0.29, 0.717) is 19.7 Å². The summed E-state index contributed by atoms with van der Waals surface area (Å²) in [5.74, 6) is -0.00997. The molecule has 0 spiro atoms. The zero-order chi connectivity index (χ0) is 11.4. The summed E-state index contributed by atoms with van der Waals surface area (Å²) in [6, 6.07) is 9.95. The average Bonchev–Trinajstić information content (AvgIpc) is 2.39. The lowest BCUT2D eigenvalue weighted by molar-refractivity contribution is -0.137. The van der Waals surface area contributed by atoms with Gasteiger partial charge in [0.25, 0.3) is 0 Å². The topological polar surface area (TPSA) is 55.6 Å². The summed E-state index contributed by atoms with van der Waals surface area (Å²) in [6.45, 7) is 1.88. The number of hydrogen-bond acceptors (Lipinski definition) is 3. The van der Waals surface area contributed by atoms with Crippen molar-refractivity contribution in [2.24, 2.45) is 5.73 Å². The highest BCUT2D eigenvalue weighted by atomic mass is 16.5. The number of rotatable bonds is 2. The van der Waals surface area contributed by atoms with Gasteiger partial charge in [-0.3, -0.25) is 4.79 Å². The van der Waals surface area contributed by atoms with Gasteiger partial charge in [0.15, 0.2) is 0 Å². The molecule has 1 amide bonds. The molecule has 1 aromatic rings. The van der Waals surface area contributed by atoms with Gasteiger partial charge in [0.05, 0.1) is 19.7 Å². The molecule has 1 aromatic carbocycles. The molecule has 4 nitrogen and oxygen atoms in total. The van der Waals surface area contributed by atoms with E-state index >= 15 is 0 Å². The molecule has 1 aliphatic rings. The third-order valence-electron chi connectivity index (χ3n) is 2.77. The van der Waals surface area contributed by atoms with Crippen LogP contribution in [0.3, 0.4) is 0 Å². The highest BCUT2D eigenvalue weighted by molar-refractivity contribution is 5.78. The fourth-order valence-corrected chi connectivity index (χ4v) is 1.87. The van der Waals surface area contributed by atoms with Gasteiger partial charge in [0, 0.05) is 6.54 Å². The molecular weight excluding hydrogens is 204 g/mol. The fourth-order valence-electron chi connectivity index (χ4n) is 1.87. The van der Waals surface area contributed by atoms with Crippen LogP contribution in [0.15, 0.2) is 30.3 Å². The van der Waals surface area contributed by atoms with Gasteiger partial charge in [-0.1, -0.05) is 30.3 Å². The maximum atomic E-state index is 11.5. The molecule has 0 saturated carbocycles. The van der Waals surface area contributed by atoms with Crippen LogP contribution in [-0.4, -0.2) is 37.0 Å². The molecule has 1 saturated heterocycles. The second-order valence-corrected chi connectivity index (χ2v) is 3.81. The predicted molar refractivity (Wildman–Crippen MR) is 60.8 cm³/mol. The molecule has 0 aliphatic carbocycles. The Morgan fingerprint density at radius 2 is 2.19 bits per heavy atom. The molecule has 16 heavy (non-hydrogen) atoms. The van der Waals surface area contributed by atoms with Crippen LogP contribution in [0, 0.1) is 0 Å². The Hall–Kier alpha value is -1.39. The van der Waals surface area contributed by atoms with E-state index in [1.54, 1.807) is 4.90 Å². The first kappa shape index (κ1) is 11.1. The minimum absolute atomic E-state index is 0.00997. The highest BCUT2D eigenvalue weighted by Crippen LogP contribution is 2.21. The number of hydrogen-bond donors (Lipinski definition) is 1. The van der Waals surface area contributed by atoms with Crippen LogP contribution in [0.5, 0.6) is 0 Å². The molecule has 1 fully saturated rings. The smallest absolute Gasteiger partial charge is 0.236 e. The summed E-state index contributed by atoms with van der Waals surface area (Å²) in [4.78, 5) is 13.3. The zero-order valence-electron chi connectivity index (χ0n) is 9.13. The van der Waals surface area contributed by atoms with Crippen LogP contribution in [0.25, 0.3) is 0 Å². The minimum Gasteiger partial charge on any atom is -0.370 e. The molecular formula is C12H16N2O2. The summed E-state index contributed by atoms with van der Waals surface area (Å²) in [6.07, 6.45) is -0.0227. The van der Waals surface area contributed by atoms with Gasteiger partial charge in [-0.2, -0.15) is 0 Å². The third-order valence-corrected chi connectivity index (χ3v) is 2.77. The normalized spacial score (nSPS) is 20.8. The molecule has 4 heteroatoms. The summed E-state index contributed by atoms with van der Waals surface area (Å²) < 4.78 is 5.65. The quantitative estimate of drug-likeness (QED) is 0.791. The second kappa shape index (κ2) is 5.09. The van der Waals surface area contributed by atoms with Crippen molar-refractivity contribution in [3.8, 4) is 0 Å². The van der Waals surface area contributed by atoms with E-state index in [2.05, 4.69) is 0 Å². The third kappa shape index (κ3) is 2.40. The van der Waals surface area contributed by atoms with Crippen molar-refractivity contribution in [1.82, 2.24) is 4.90 Å². The van der Waals surface area contributed by atoms with Crippen LogP contribution in [-0.2, 0) is 9.53 Å². The number of nitrogens with zero attached hydrogens (tertiary/aromatic N) is 1. The van der Waals surface area contributed by atoms with Crippen LogP contribution < -0.4 is 5.73 Å². The van der Waals surface area contributed by atoms with E-state index in [1.165, 1.54) is 0 Å². The molecule has 86 valence electrons. The predicted octanol–water partition coefficient (Wildman–Crippen LogP) is 0.545. The lowest BCUT2D eigenvalue weighted by Crippen LogP contribution is -2.44. The number of amides is 1. The van der Waals surface area contributed by atoms with E-state index in [9.17, 15) is 4.79 Å². The Bertz CT molecular complexity index is 353. The number of morpholine rings is 1. The molecule has 2 N–H and O–H groups in total. The van der Waals surface area contributed by atoms with E-state index in [-0.39, 0.29) is 18.6 Å². The molecule has 1 aliphatic heterocycles. The second-order valence-electron chi connectivity index (χ2n) is 3.81. The van der Waals surface area contributed by atoms with Crippen LogP contribution in [0.2, 0.25) is 0 Å². The highest BCUT2D eigenvalue weighted by Gasteiger charge is 2.24. The number of ether oxygens (including phenoxy) is 1. The molecule has 0 bridgehead atoms. The van der Waals surface area contributed by atoms with Crippen molar-refractivity contribution >= 4 is 5.91 Å². The molecule has 0 aromatic heterocycles.